The van der Waals surface area contributed by atoms with Gasteiger partial charge in [0.1, 0.15) is 12.7 Å². The van der Waals surface area contributed by atoms with Crippen molar-refractivity contribution in [3.8, 4) is 0 Å². The molecule has 2 aromatic rings. The van der Waals surface area contributed by atoms with Crippen LogP contribution in [-0.4, -0.2) is 48.9 Å². The molecule has 1 saturated carbocycles. The Hall–Kier alpha value is -2.00. The topological polar surface area (TPSA) is 67.1 Å². The predicted molar refractivity (Wildman–Crippen MR) is 85.8 cm³/mol. The number of alkyl halides is 3. The summed E-state index contributed by atoms with van der Waals surface area (Å²) in [4.78, 5) is 10.1. The van der Waals surface area contributed by atoms with Gasteiger partial charge in [-0.3, -0.25) is 9.88 Å². The van der Waals surface area contributed by atoms with Gasteiger partial charge in [0.25, 0.3) is 0 Å². The van der Waals surface area contributed by atoms with E-state index in [2.05, 4.69) is 20.0 Å². The molecule has 1 aliphatic heterocycles. The third-order valence-corrected chi connectivity index (χ3v) is 5.50. The number of nitrogens with zero attached hydrogens (tertiary/aromatic N) is 5. The molecule has 0 aromatic carbocycles. The summed E-state index contributed by atoms with van der Waals surface area (Å²) in [5.74, 6) is 0.821. The van der Waals surface area contributed by atoms with Crippen LogP contribution in [0.5, 0.6) is 0 Å². The lowest BCUT2D eigenvalue weighted by atomic mass is 9.77. The first-order valence-corrected chi connectivity index (χ1v) is 8.67. The van der Waals surface area contributed by atoms with E-state index in [0.29, 0.717) is 30.5 Å². The summed E-state index contributed by atoms with van der Waals surface area (Å²) in [5, 5.41) is 14.6. The first kappa shape index (κ1) is 17.4. The summed E-state index contributed by atoms with van der Waals surface area (Å²) in [6.07, 6.45) is 0.701. The number of aromatic nitrogens is 4. The van der Waals surface area contributed by atoms with Crippen LogP contribution in [0.15, 0.2) is 31.0 Å². The first-order chi connectivity index (χ1) is 12.4. The van der Waals surface area contributed by atoms with Gasteiger partial charge in [0.2, 0.25) is 0 Å². The van der Waals surface area contributed by atoms with Crippen LogP contribution in [0.25, 0.3) is 0 Å². The van der Waals surface area contributed by atoms with Crippen molar-refractivity contribution in [1.29, 1.82) is 0 Å². The molecule has 0 spiro atoms. The summed E-state index contributed by atoms with van der Waals surface area (Å²) in [5.41, 5.74) is -0.0971. The summed E-state index contributed by atoms with van der Waals surface area (Å²) in [6.45, 7) is 2.20. The Bertz CT molecular complexity index is 734. The van der Waals surface area contributed by atoms with Crippen molar-refractivity contribution in [1.82, 2.24) is 24.6 Å². The number of hydrogen-bond acceptors (Lipinski definition) is 5. The van der Waals surface area contributed by atoms with Gasteiger partial charge < -0.3 is 5.11 Å². The second-order valence-electron chi connectivity index (χ2n) is 7.23. The van der Waals surface area contributed by atoms with Crippen molar-refractivity contribution in [3.63, 3.8) is 0 Å². The van der Waals surface area contributed by atoms with E-state index in [0.717, 1.165) is 31.8 Å². The van der Waals surface area contributed by atoms with E-state index >= 15 is 0 Å². The lowest BCUT2D eigenvalue weighted by Crippen LogP contribution is -2.36. The molecule has 6 nitrogen and oxygen atoms in total. The molecule has 2 aliphatic rings. The van der Waals surface area contributed by atoms with Crippen LogP contribution in [-0.2, 0) is 12.7 Å². The molecule has 1 aliphatic carbocycles. The van der Waals surface area contributed by atoms with Crippen molar-refractivity contribution in [2.45, 2.75) is 37.7 Å². The number of rotatable bonds is 3. The quantitative estimate of drug-likeness (QED) is 0.900. The van der Waals surface area contributed by atoms with Crippen molar-refractivity contribution in [2.24, 2.45) is 11.8 Å². The summed E-state index contributed by atoms with van der Waals surface area (Å²) < 4.78 is 39.6. The van der Waals surface area contributed by atoms with Gasteiger partial charge in [0.15, 0.2) is 0 Å². The smallest absolute Gasteiger partial charge is 0.391 e. The zero-order chi connectivity index (χ0) is 18.3. The molecule has 0 unspecified atom stereocenters. The van der Waals surface area contributed by atoms with E-state index < -0.39 is 17.8 Å². The molecule has 1 saturated heterocycles. The zero-order valence-corrected chi connectivity index (χ0v) is 14.0. The monoisotopic (exact) mass is 367 g/mol. The van der Waals surface area contributed by atoms with Crippen LogP contribution < -0.4 is 0 Å². The van der Waals surface area contributed by atoms with Gasteiger partial charge in [-0.05, 0) is 36.8 Å². The van der Waals surface area contributed by atoms with Crippen LogP contribution >= 0.6 is 0 Å². The molecule has 140 valence electrons. The van der Waals surface area contributed by atoms with Gasteiger partial charge in [0.05, 0.1) is 23.4 Å². The Morgan fingerprint density at radius 2 is 1.92 bits per heavy atom. The maximum atomic E-state index is 12.6. The highest BCUT2D eigenvalue weighted by molar-refractivity contribution is 5.17. The van der Waals surface area contributed by atoms with E-state index in [-0.39, 0.29) is 6.04 Å². The number of aliphatic hydroxyl groups excluding tert-OH is 1. The molecule has 26 heavy (non-hydrogen) atoms. The largest absolute Gasteiger partial charge is 0.417 e. The third-order valence-electron chi connectivity index (χ3n) is 5.50. The molecule has 0 bridgehead atoms. The summed E-state index contributed by atoms with van der Waals surface area (Å²) in [6, 6.07) is 2.45. The normalized spacial score (nSPS) is 29.7. The van der Waals surface area contributed by atoms with Crippen molar-refractivity contribution in [3.05, 3.63) is 42.2 Å². The second kappa shape index (κ2) is 6.62. The minimum Gasteiger partial charge on any atom is -0.391 e. The van der Waals surface area contributed by atoms with Crippen molar-refractivity contribution in [2.75, 3.05) is 13.1 Å². The fourth-order valence-corrected chi connectivity index (χ4v) is 4.22. The maximum Gasteiger partial charge on any atom is 0.417 e. The Labute approximate surface area is 148 Å². The minimum absolute atomic E-state index is 0.0668. The van der Waals surface area contributed by atoms with Crippen molar-refractivity contribution >= 4 is 0 Å². The van der Waals surface area contributed by atoms with Gasteiger partial charge in [-0.1, -0.05) is 0 Å². The molecule has 3 heterocycles. The number of pyridine rings is 1. The van der Waals surface area contributed by atoms with Gasteiger partial charge >= 0.3 is 6.18 Å². The Morgan fingerprint density at radius 1 is 1.15 bits per heavy atom. The van der Waals surface area contributed by atoms with E-state index in [1.54, 1.807) is 11.0 Å². The summed E-state index contributed by atoms with van der Waals surface area (Å²) >= 11 is 0. The third kappa shape index (κ3) is 3.45. The van der Waals surface area contributed by atoms with Crippen LogP contribution in [0.3, 0.4) is 0 Å². The SMILES string of the molecule is O[C@@H]1C[C@H]2CN(Cc3ccc(C(F)(F)F)cn3)C[C@H]2C[C@H]1n1cncn1. The number of fused-ring (bicyclic) bond motifs is 1. The van der Waals surface area contributed by atoms with E-state index in [9.17, 15) is 18.3 Å². The number of halogens is 3. The van der Waals surface area contributed by atoms with Gasteiger partial charge in [-0.15, -0.1) is 0 Å². The minimum atomic E-state index is -4.36. The number of likely N-dealkylation sites (tertiary alicyclic amines) is 1. The zero-order valence-electron chi connectivity index (χ0n) is 14.0. The van der Waals surface area contributed by atoms with E-state index in [1.807, 2.05) is 0 Å². The molecule has 0 radical (unpaired) electrons. The molecule has 4 atom stereocenters. The average Bonchev–Trinajstić information content (AvgIpc) is 3.22. The molecule has 4 rings (SSSR count). The molecule has 1 N–H and O–H groups in total. The highest BCUT2D eigenvalue weighted by atomic mass is 19.4. The average molecular weight is 367 g/mol. The van der Waals surface area contributed by atoms with Gasteiger partial charge in [-0.25, -0.2) is 9.67 Å². The first-order valence-electron chi connectivity index (χ1n) is 8.67. The Balaban J connectivity index is 1.39. The predicted octanol–water partition coefficient (Wildman–Crippen LogP) is 2.14. The molecule has 2 aromatic heterocycles. The van der Waals surface area contributed by atoms with Crippen LogP contribution in [0.1, 0.15) is 30.1 Å². The Kier molecular flexibility index (Phi) is 4.44. The van der Waals surface area contributed by atoms with E-state index in [1.165, 1.54) is 12.4 Å². The van der Waals surface area contributed by atoms with Gasteiger partial charge in [-0.2, -0.15) is 18.3 Å². The van der Waals surface area contributed by atoms with E-state index in [4.69, 9.17) is 0 Å². The summed E-state index contributed by atoms with van der Waals surface area (Å²) in [7, 11) is 0. The molecular formula is C17H20F3N5O. The van der Waals surface area contributed by atoms with Crippen molar-refractivity contribution < 1.29 is 18.3 Å². The van der Waals surface area contributed by atoms with Crippen LogP contribution in [0, 0.1) is 11.8 Å². The fraction of sp³-hybridized carbons (Fsp3) is 0.588. The molecule has 9 heteroatoms. The Morgan fingerprint density at radius 3 is 2.54 bits per heavy atom. The lowest BCUT2D eigenvalue weighted by molar-refractivity contribution is -0.137. The fourth-order valence-electron chi connectivity index (χ4n) is 4.22. The standard InChI is InChI=1S/C17H20F3N5O/c18-17(19,20)13-1-2-14(22-5-13)8-24-6-11-3-15(25-10-21-9-23-25)16(26)4-12(11)7-24/h1-2,5,9-12,15-16,26H,3-4,6-8H2/t11-,12+,15-,16-/m1/s1. The highest BCUT2D eigenvalue weighted by Crippen LogP contribution is 2.41. The maximum absolute atomic E-state index is 12.6. The van der Waals surface area contributed by atoms with Crippen LogP contribution in [0.2, 0.25) is 0 Å². The molecular weight excluding hydrogens is 347 g/mol. The number of hydrogen-bond donors (Lipinski definition) is 1. The lowest BCUT2D eigenvalue weighted by Gasteiger charge is -2.35. The van der Waals surface area contributed by atoms with Gasteiger partial charge in [0, 0.05) is 25.8 Å². The highest BCUT2D eigenvalue weighted by Gasteiger charge is 2.42. The molecule has 2 fully saturated rings. The second-order valence-corrected chi connectivity index (χ2v) is 7.23. The molecule has 0 amide bonds. The van der Waals surface area contributed by atoms with Crippen LogP contribution in [0.4, 0.5) is 13.2 Å². The number of aliphatic hydroxyl groups is 1.